The van der Waals surface area contributed by atoms with Crippen LogP contribution in [0.15, 0.2) is 18.2 Å². The van der Waals surface area contributed by atoms with Crippen molar-refractivity contribution in [2.45, 2.75) is 19.4 Å². The Labute approximate surface area is 109 Å². The third kappa shape index (κ3) is 4.57. The van der Waals surface area contributed by atoms with Crippen molar-refractivity contribution in [1.29, 1.82) is 0 Å². The lowest BCUT2D eigenvalue weighted by Crippen LogP contribution is -2.10. The van der Waals surface area contributed by atoms with Crippen molar-refractivity contribution in [3.05, 3.63) is 35.4 Å². The van der Waals surface area contributed by atoms with E-state index < -0.39 is 23.7 Å². The minimum atomic E-state index is -0.968. The number of carboxylic acids is 1. The number of aliphatic hydroxyl groups is 1. The van der Waals surface area contributed by atoms with Gasteiger partial charge in [0.25, 0.3) is 0 Å². The number of halogens is 2. The Morgan fingerprint density at radius 1 is 1.53 bits per heavy atom. The molecule has 0 aliphatic heterocycles. The molecule has 0 radical (unpaired) electrons. The molecule has 1 aromatic rings. The van der Waals surface area contributed by atoms with Crippen LogP contribution in [0.25, 0.3) is 0 Å². The smallest absolute Gasteiger partial charge is 0.317 e. The SMILES string of the molecule is CC1CC1C(O)c1cc(F)ccc1F.NCC(=O)O. The molecule has 1 saturated carbocycles. The Kier molecular flexibility index (Phi) is 5.38. The third-order valence-corrected chi connectivity index (χ3v) is 3.03. The van der Waals surface area contributed by atoms with E-state index in [0.717, 1.165) is 24.6 Å². The van der Waals surface area contributed by atoms with Crippen LogP contribution < -0.4 is 5.73 Å². The monoisotopic (exact) mass is 273 g/mol. The van der Waals surface area contributed by atoms with Crippen LogP contribution in [0.1, 0.15) is 25.0 Å². The number of aliphatic hydroxyl groups excluding tert-OH is 1. The zero-order valence-corrected chi connectivity index (χ0v) is 10.5. The van der Waals surface area contributed by atoms with E-state index in [9.17, 15) is 18.7 Å². The minimum absolute atomic E-state index is 0.0827. The van der Waals surface area contributed by atoms with E-state index in [0.29, 0.717) is 5.92 Å². The van der Waals surface area contributed by atoms with E-state index in [1.807, 2.05) is 6.92 Å². The second-order valence-electron chi connectivity index (χ2n) is 4.59. The molecule has 0 saturated heterocycles. The van der Waals surface area contributed by atoms with Crippen LogP contribution in [0.3, 0.4) is 0 Å². The van der Waals surface area contributed by atoms with Gasteiger partial charge in [-0.15, -0.1) is 0 Å². The summed E-state index contributed by atoms with van der Waals surface area (Å²) in [7, 11) is 0. The molecule has 3 atom stereocenters. The van der Waals surface area contributed by atoms with E-state index in [1.54, 1.807) is 0 Å². The van der Waals surface area contributed by atoms with E-state index >= 15 is 0 Å². The zero-order chi connectivity index (χ0) is 14.6. The van der Waals surface area contributed by atoms with Gasteiger partial charge in [0, 0.05) is 5.56 Å². The van der Waals surface area contributed by atoms with E-state index in [4.69, 9.17) is 5.11 Å². The maximum absolute atomic E-state index is 13.2. The summed E-state index contributed by atoms with van der Waals surface area (Å²) in [5.41, 5.74) is 4.65. The van der Waals surface area contributed by atoms with Gasteiger partial charge in [-0.05, 0) is 36.5 Å². The largest absolute Gasteiger partial charge is 0.480 e. The molecular formula is C13H17F2NO3. The lowest BCUT2D eigenvalue weighted by molar-refractivity contribution is -0.135. The predicted octanol–water partition coefficient (Wildman–Crippen LogP) is 1.68. The van der Waals surface area contributed by atoms with Crippen molar-refractivity contribution in [2.75, 3.05) is 6.54 Å². The highest BCUT2D eigenvalue weighted by Crippen LogP contribution is 2.47. The second kappa shape index (κ2) is 6.58. The summed E-state index contributed by atoms with van der Waals surface area (Å²) in [5, 5.41) is 17.3. The van der Waals surface area contributed by atoms with E-state index in [-0.39, 0.29) is 18.0 Å². The molecule has 0 heterocycles. The first-order chi connectivity index (χ1) is 8.86. The van der Waals surface area contributed by atoms with Gasteiger partial charge in [-0.3, -0.25) is 4.79 Å². The van der Waals surface area contributed by atoms with Gasteiger partial charge in [0.15, 0.2) is 0 Å². The summed E-state index contributed by atoms with van der Waals surface area (Å²) in [4.78, 5) is 9.24. The Bertz CT molecular complexity index is 454. The Morgan fingerprint density at radius 3 is 2.47 bits per heavy atom. The molecule has 0 amide bonds. The van der Waals surface area contributed by atoms with E-state index in [2.05, 4.69) is 5.73 Å². The quantitative estimate of drug-likeness (QED) is 0.782. The van der Waals surface area contributed by atoms with Gasteiger partial charge in [0.1, 0.15) is 11.6 Å². The number of rotatable bonds is 3. The normalized spacial score (nSPS) is 22.2. The highest BCUT2D eigenvalue weighted by molar-refractivity contribution is 5.68. The van der Waals surface area contributed by atoms with Gasteiger partial charge >= 0.3 is 5.97 Å². The highest BCUT2D eigenvalue weighted by Gasteiger charge is 2.40. The topological polar surface area (TPSA) is 83.5 Å². The number of nitrogens with two attached hydrogens (primary N) is 1. The molecule has 0 aromatic heterocycles. The predicted molar refractivity (Wildman–Crippen MR) is 65.3 cm³/mol. The molecule has 6 heteroatoms. The fourth-order valence-electron chi connectivity index (χ4n) is 1.76. The molecule has 4 nitrogen and oxygen atoms in total. The van der Waals surface area contributed by atoms with Crippen molar-refractivity contribution >= 4 is 5.97 Å². The second-order valence-corrected chi connectivity index (χ2v) is 4.59. The van der Waals surface area contributed by atoms with Gasteiger partial charge in [0.05, 0.1) is 12.6 Å². The van der Waals surface area contributed by atoms with Crippen molar-refractivity contribution in [3.8, 4) is 0 Å². The summed E-state index contributed by atoms with van der Waals surface area (Å²) in [6, 6.07) is 3.19. The average Bonchev–Trinajstić information content (AvgIpc) is 3.09. The lowest BCUT2D eigenvalue weighted by atomic mass is 10.0. The molecule has 19 heavy (non-hydrogen) atoms. The fourth-order valence-corrected chi connectivity index (χ4v) is 1.76. The number of carbonyl (C=O) groups is 1. The van der Waals surface area contributed by atoms with Gasteiger partial charge in [0.2, 0.25) is 0 Å². The summed E-state index contributed by atoms with van der Waals surface area (Å²) in [6.07, 6.45) is 0.0256. The molecule has 1 aliphatic carbocycles. The molecule has 1 aliphatic rings. The molecule has 106 valence electrons. The first-order valence-corrected chi connectivity index (χ1v) is 5.91. The Balaban J connectivity index is 0.000000312. The van der Waals surface area contributed by atoms with Crippen LogP contribution in [0, 0.1) is 23.5 Å². The molecule has 0 spiro atoms. The van der Waals surface area contributed by atoms with Crippen LogP contribution in [-0.2, 0) is 4.79 Å². The van der Waals surface area contributed by atoms with Crippen molar-refractivity contribution < 1.29 is 23.8 Å². The third-order valence-electron chi connectivity index (χ3n) is 3.03. The van der Waals surface area contributed by atoms with Crippen molar-refractivity contribution in [3.63, 3.8) is 0 Å². The molecule has 0 bridgehead atoms. The summed E-state index contributed by atoms with van der Waals surface area (Å²) in [6.45, 7) is 1.71. The lowest BCUT2D eigenvalue weighted by Gasteiger charge is -2.11. The number of carboxylic acid groups (broad SMARTS) is 1. The molecule has 3 unspecified atom stereocenters. The maximum atomic E-state index is 13.2. The highest BCUT2D eigenvalue weighted by atomic mass is 19.1. The number of aliphatic carboxylic acids is 1. The van der Waals surface area contributed by atoms with Crippen LogP contribution in [-0.4, -0.2) is 22.7 Å². The standard InChI is InChI=1S/C11H12F2O.C2H5NO2/c1-6-4-8(6)11(14)9-5-7(12)2-3-10(9)13;3-1-2(4)5/h2-3,5-6,8,11,14H,4H2,1H3;1,3H2,(H,4,5). The van der Waals surface area contributed by atoms with Crippen LogP contribution in [0.4, 0.5) is 8.78 Å². The van der Waals surface area contributed by atoms with Crippen LogP contribution in [0.5, 0.6) is 0 Å². The minimum Gasteiger partial charge on any atom is -0.480 e. The Morgan fingerprint density at radius 2 is 2.05 bits per heavy atom. The summed E-state index contributed by atoms with van der Waals surface area (Å²) < 4.78 is 26.0. The van der Waals surface area contributed by atoms with Crippen molar-refractivity contribution in [1.82, 2.24) is 0 Å². The van der Waals surface area contributed by atoms with Crippen molar-refractivity contribution in [2.24, 2.45) is 17.6 Å². The summed E-state index contributed by atoms with van der Waals surface area (Å²) in [5.74, 6) is -1.50. The molecule has 4 N–H and O–H groups in total. The van der Waals surface area contributed by atoms with Crippen LogP contribution in [0.2, 0.25) is 0 Å². The van der Waals surface area contributed by atoms with Crippen LogP contribution >= 0.6 is 0 Å². The van der Waals surface area contributed by atoms with E-state index in [1.165, 1.54) is 0 Å². The molecule has 1 fully saturated rings. The van der Waals surface area contributed by atoms with Gasteiger partial charge in [-0.2, -0.15) is 0 Å². The fraction of sp³-hybridized carbons (Fsp3) is 0.462. The number of hydrogen-bond donors (Lipinski definition) is 3. The first kappa shape index (κ1) is 15.5. The molecular weight excluding hydrogens is 256 g/mol. The van der Waals surface area contributed by atoms with Gasteiger partial charge < -0.3 is 15.9 Å². The Hall–Kier alpha value is -1.53. The average molecular weight is 273 g/mol. The first-order valence-electron chi connectivity index (χ1n) is 5.91. The number of hydrogen-bond acceptors (Lipinski definition) is 3. The summed E-state index contributed by atoms with van der Waals surface area (Å²) >= 11 is 0. The zero-order valence-electron chi connectivity index (χ0n) is 10.5. The van der Waals surface area contributed by atoms with Gasteiger partial charge in [-0.1, -0.05) is 6.92 Å². The number of benzene rings is 1. The van der Waals surface area contributed by atoms with Gasteiger partial charge in [-0.25, -0.2) is 8.78 Å². The maximum Gasteiger partial charge on any atom is 0.317 e. The molecule has 2 rings (SSSR count). The molecule has 1 aromatic carbocycles.